The fourth-order valence-electron chi connectivity index (χ4n) is 2.56. The SMILES string of the molecule is CCOC(=O)C[C@H](N)c1c(F)c(C)cc(-c2c(F)cccc2Cl)c1F. The van der Waals surface area contributed by atoms with Crippen LogP contribution in [-0.4, -0.2) is 12.6 Å². The number of carbonyl (C=O) groups is 1. The summed E-state index contributed by atoms with van der Waals surface area (Å²) in [4.78, 5) is 11.6. The molecule has 0 aliphatic rings. The van der Waals surface area contributed by atoms with Crippen LogP contribution in [0.3, 0.4) is 0 Å². The third-order valence-electron chi connectivity index (χ3n) is 3.71. The van der Waals surface area contributed by atoms with E-state index in [0.717, 1.165) is 12.1 Å². The molecule has 0 aromatic heterocycles. The van der Waals surface area contributed by atoms with Crippen LogP contribution >= 0.6 is 11.6 Å². The van der Waals surface area contributed by atoms with Crippen LogP contribution < -0.4 is 5.73 Å². The van der Waals surface area contributed by atoms with E-state index in [1.165, 1.54) is 19.1 Å². The van der Waals surface area contributed by atoms with Crippen molar-refractivity contribution in [3.8, 4) is 11.1 Å². The largest absolute Gasteiger partial charge is 0.466 e. The Bertz CT molecular complexity index is 791. The van der Waals surface area contributed by atoms with E-state index in [4.69, 9.17) is 22.1 Å². The van der Waals surface area contributed by atoms with Gasteiger partial charge in [0.1, 0.15) is 17.5 Å². The third kappa shape index (κ3) is 3.96. The molecule has 0 aliphatic heterocycles. The lowest BCUT2D eigenvalue weighted by molar-refractivity contribution is -0.143. The summed E-state index contributed by atoms with van der Waals surface area (Å²) in [7, 11) is 0. The molecule has 134 valence electrons. The lowest BCUT2D eigenvalue weighted by atomic mass is 9.93. The smallest absolute Gasteiger partial charge is 0.307 e. The predicted molar refractivity (Wildman–Crippen MR) is 89.7 cm³/mol. The highest BCUT2D eigenvalue weighted by atomic mass is 35.5. The molecule has 0 radical (unpaired) electrons. The molecule has 2 N–H and O–H groups in total. The number of nitrogens with two attached hydrogens (primary N) is 1. The van der Waals surface area contributed by atoms with Crippen LogP contribution in [0, 0.1) is 24.4 Å². The Morgan fingerprint density at radius 2 is 1.96 bits per heavy atom. The molecule has 7 heteroatoms. The first kappa shape index (κ1) is 19.3. The molecule has 2 rings (SSSR count). The van der Waals surface area contributed by atoms with E-state index >= 15 is 0 Å². The third-order valence-corrected chi connectivity index (χ3v) is 4.03. The van der Waals surface area contributed by atoms with E-state index in [-0.39, 0.29) is 28.3 Å². The first-order valence-corrected chi connectivity index (χ1v) is 7.99. The van der Waals surface area contributed by atoms with Gasteiger partial charge >= 0.3 is 5.97 Å². The maximum Gasteiger partial charge on any atom is 0.307 e. The molecule has 0 heterocycles. The summed E-state index contributed by atoms with van der Waals surface area (Å²) in [5.41, 5.74) is 4.98. The molecular formula is C18H17ClF3NO2. The second kappa shape index (κ2) is 7.89. The quantitative estimate of drug-likeness (QED) is 0.776. The molecule has 25 heavy (non-hydrogen) atoms. The summed E-state index contributed by atoms with van der Waals surface area (Å²) >= 11 is 5.98. The molecular weight excluding hydrogens is 355 g/mol. The van der Waals surface area contributed by atoms with Gasteiger partial charge in [0.2, 0.25) is 0 Å². The Morgan fingerprint density at radius 3 is 2.56 bits per heavy atom. The van der Waals surface area contributed by atoms with E-state index in [2.05, 4.69) is 0 Å². The standard InChI is InChI=1S/C18H17ClF3NO2/c1-3-25-14(24)8-13(23)16-17(21)9(2)7-10(18(16)22)15-11(19)5-4-6-12(15)20/h4-7,13H,3,8,23H2,1-2H3/t13-/m0/s1. The van der Waals surface area contributed by atoms with Crippen molar-refractivity contribution < 1.29 is 22.7 Å². The number of ether oxygens (including phenoxy) is 1. The van der Waals surface area contributed by atoms with Gasteiger partial charge in [0, 0.05) is 22.7 Å². The van der Waals surface area contributed by atoms with Crippen molar-refractivity contribution in [2.45, 2.75) is 26.3 Å². The number of hydrogen-bond acceptors (Lipinski definition) is 3. The van der Waals surface area contributed by atoms with Crippen molar-refractivity contribution in [2.24, 2.45) is 5.73 Å². The normalized spacial score (nSPS) is 12.1. The minimum atomic E-state index is -1.27. The number of rotatable bonds is 5. The minimum absolute atomic E-state index is 0.0187. The van der Waals surface area contributed by atoms with E-state index in [0.29, 0.717) is 0 Å². The van der Waals surface area contributed by atoms with Gasteiger partial charge in [0.15, 0.2) is 0 Å². The summed E-state index contributed by atoms with van der Waals surface area (Å²) in [6, 6.07) is 3.79. The first-order valence-electron chi connectivity index (χ1n) is 7.62. The zero-order chi connectivity index (χ0) is 18.7. The zero-order valence-electron chi connectivity index (χ0n) is 13.7. The van der Waals surface area contributed by atoms with E-state index in [1.54, 1.807) is 6.92 Å². The number of aryl methyl sites for hydroxylation is 1. The van der Waals surface area contributed by atoms with Crippen LogP contribution in [-0.2, 0) is 9.53 Å². The molecule has 0 spiro atoms. The maximum absolute atomic E-state index is 14.9. The van der Waals surface area contributed by atoms with Crippen molar-refractivity contribution in [1.29, 1.82) is 0 Å². The van der Waals surface area contributed by atoms with Crippen LogP contribution in [0.2, 0.25) is 5.02 Å². The van der Waals surface area contributed by atoms with Gasteiger partial charge in [0.25, 0.3) is 0 Å². The van der Waals surface area contributed by atoms with Crippen LogP contribution in [0.5, 0.6) is 0 Å². The van der Waals surface area contributed by atoms with Gasteiger partial charge < -0.3 is 10.5 Å². The predicted octanol–water partition coefficient (Wildman–Crippen LogP) is 4.69. The van der Waals surface area contributed by atoms with E-state index in [1.807, 2.05) is 0 Å². The molecule has 0 fully saturated rings. The van der Waals surface area contributed by atoms with Gasteiger partial charge in [-0.1, -0.05) is 17.7 Å². The molecule has 0 unspecified atom stereocenters. The molecule has 2 aromatic rings. The Balaban J connectivity index is 2.59. The number of carbonyl (C=O) groups excluding carboxylic acids is 1. The van der Waals surface area contributed by atoms with Crippen LogP contribution in [0.15, 0.2) is 24.3 Å². The Labute approximate surface area is 148 Å². The van der Waals surface area contributed by atoms with Crippen molar-refractivity contribution in [3.63, 3.8) is 0 Å². The van der Waals surface area contributed by atoms with E-state index < -0.39 is 41.4 Å². The van der Waals surface area contributed by atoms with Crippen LogP contribution in [0.25, 0.3) is 11.1 Å². The molecule has 0 saturated heterocycles. The average molecular weight is 372 g/mol. The highest BCUT2D eigenvalue weighted by Gasteiger charge is 2.26. The monoisotopic (exact) mass is 371 g/mol. The Hall–Kier alpha value is -2.05. The highest BCUT2D eigenvalue weighted by Crippen LogP contribution is 2.37. The summed E-state index contributed by atoms with van der Waals surface area (Å²) < 4.78 is 48.3. The van der Waals surface area contributed by atoms with Crippen molar-refractivity contribution in [1.82, 2.24) is 0 Å². The second-order valence-corrected chi connectivity index (χ2v) is 5.90. The lowest BCUT2D eigenvalue weighted by Crippen LogP contribution is -2.20. The Morgan fingerprint density at radius 1 is 1.28 bits per heavy atom. The summed E-state index contributed by atoms with van der Waals surface area (Å²) in [6.45, 7) is 3.13. The van der Waals surface area contributed by atoms with Gasteiger partial charge in [-0.2, -0.15) is 0 Å². The minimum Gasteiger partial charge on any atom is -0.466 e. The van der Waals surface area contributed by atoms with Gasteiger partial charge in [-0.25, -0.2) is 13.2 Å². The van der Waals surface area contributed by atoms with Gasteiger partial charge in [0.05, 0.1) is 18.1 Å². The molecule has 2 aromatic carbocycles. The maximum atomic E-state index is 14.9. The van der Waals surface area contributed by atoms with Crippen molar-refractivity contribution in [3.05, 3.63) is 57.9 Å². The summed E-state index contributed by atoms with van der Waals surface area (Å²) in [5.74, 6) is -3.36. The Kier molecular flexibility index (Phi) is 6.08. The van der Waals surface area contributed by atoms with Gasteiger partial charge in [-0.3, -0.25) is 4.79 Å². The second-order valence-electron chi connectivity index (χ2n) is 5.49. The van der Waals surface area contributed by atoms with Crippen molar-refractivity contribution >= 4 is 17.6 Å². The van der Waals surface area contributed by atoms with Gasteiger partial charge in [-0.05, 0) is 37.6 Å². The summed E-state index contributed by atoms with van der Waals surface area (Å²) in [6.07, 6.45) is -0.407. The van der Waals surface area contributed by atoms with E-state index in [9.17, 15) is 18.0 Å². The highest BCUT2D eigenvalue weighted by molar-refractivity contribution is 6.33. The van der Waals surface area contributed by atoms with Crippen LogP contribution in [0.4, 0.5) is 13.2 Å². The first-order chi connectivity index (χ1) is 11.8. The summed E-state index contributed by atoms with van der Waals surface area (Å²) in [5, 5.41) is -0.0187. The zero-order valence-corrected chi connectivity index (χ0v) is 14.5. The number of benzene rings is 2. The number of hydrogen-bond donors (Lipinski definition) is 1. The number of esters is 1. The fraction of sp³-hybridized carbons (Fsp3) is 0.278. The topological polar surface area (TPSA) is 52.3 Å². The molecule has 0 saturated carbocycles. The average Bonchev–Trinajstić information content (AvgIpc) is 2.52. The van der Waals surface area contributed by atoms with Crippen molar-refractivity contribution in [2.75, 3.05) is 6.61 Å². The van der Waals surface area contributed by atoms with Crippen LogP contribution in [0.1, 0.15) is 30.5 Å². The lowest BCUT2D eigenvalue weighted by Gasteiger charge is -2.18. The number of halogens is 4. The molecule has 3 nitrogen and oxygen atoms in total. The molecule has 0 aliphatic carbocycles. The molecule has 0 amide bonds. The molecule has 0 bridgehead atoms. The van der Waals surface area contributed by atoms with Gasteiger partial charge in [-0.15, -0.1) is 0 Å². The fourth-order valence-corrected chi connectivity index (χ4v) is 2.83. The molecule has 1 atom stereocenters.